The Hall–Kier alpha value is -0.790. The first-order valence-corrected chi connectivity index (χ1v) is 5.26. The maximum Gasteiger partial charge on any atom is 0.226 e. The summed E-state index contributed by atoms with van der Waals surface area (Å²) in [4.78, 5) is 13.3. The SMILES string of the molecule is C=CN1CCCCCCCCC1=O. The predicted molar refractivity (Wildman–Crippen MR) is 54.2 cm³/mol. The average molecular weight is 181 g/mol. The summed E-state index contributed by atoms with van der Waals surface area (Å²) in [5.41, 5.74) is 0. The largest absolute Gasteiger partial charge is 0.320 e. The smallest absolute Gasteiger partial charge is 0.226 e. The molecule has 0 N–H and O–H groups in total. The zero-order valence-electron chi connectivity index (χ0n) is 8.30. The lowest BCUT2D eigenvalue weighted by Gasteiger charge is -2.19. The number of nitrogens with zero attached hydrogens (tertiary/aromatic N) is 1. The Bertz CT molecular complexity index is 177. The van der Waals surface area contributed by atoms with Gasteiger partial charge in [-0.15, -0.1) is 0 Å². The lowest BCUT2D eigenvalue weighted by atomic mass is 10.1. The zero-order valence-corrected chi connectivity index (χ0v) is 8.30. The minimum Gasteiger partial charge on any atom is -0.320 e. The normalized spacial score (nSPS) is 21.2. The fourth-order valence-corrected chi connectivity index (χ4v) is 1.73. The average Bonchev–Trinajstić information content (AvgIpc) is 2.16. The van der Waals surface area contributed by atoms with Gasteiger partial charge in [-0.2, -0.15) is 0 Å². The van der Waals surface area contributed by atoms with E-state index in [1.807, 2.05) is 0 Å². The Labute approximate surface area is 80.6 Å². The van der Waals surface area contributed by atoms with Crippen molar-refractivity contribution < 1.29 is 4.79 Å². The van der Waals surface area contributed by atoms with Gasteiger partial charge in [0.2, 0.25) is 5.91 Å². The first kappa shape index (κ1) is 10.3. The Morgan fingerprint density at radius 1 is 1.08 bits per heavy atom. The summed E-state index contributed by atoms with van der Waals surface area (Å²) < 4.78 is 0. The molecule has 0 saturated carbocycles. The molecule has 2 nitrogen and oxygen atoms in total. The summed E-state index contributed by atoms with van der Waals surface area (Å²) >= 11 is 0. The molecule has 0 aromatic heterocycles. The van der Waals surface area contributed by atoms with Gasteiger partial charge in [0.1, 0.15) is 0 Å². The molecule has 0 aromatic carbocycles. The van der Waals surface area contributed by atoms with Crippen LogP contribution in [0.2, 0.25) is 0 Å². The molecule has 1 fully saturated rings. The molecule has 0 atom stereocenters. The molecule has 1 aliphatic heterocycles. The van der Waals surface area contributed by atoms with Gasteiger partial charge in [-0.25, -0.2) is 0 Å². The van der Waals surface area contributed by atoms with Crippen LogP contribution in [0.3, 0.4) is 0 Å². The van der Waals surface area contributed by atoms with Gasteiger partial charge in [0.25, 0.3) is 0 Å². The van der Waals surface area contributed by atoms with E-state index in [1.54, 1.807) is 11.1 Å². The second kappa shape index (κ2) is 5.79. The summed E-state index contributed by atoms with van der Waals surface area (Å²) in [5.74, 6) is 0.247. The molecule has 0 spiro atoms. The molecule has 13 heavy (non-hydrogen) atoms. The molecule has 0 unspecified atom stereocenters. The number of rotatable bonds is 1. The summed E-state index contributed by atoms with van der Waals surface area (Å²) in [6.45, 7) is 4.53. The van der Waals surface area contributed by atoms with Crippen molar-refractivity contribution in [3.8, 4) is 0 Å². The maximum absolute atomic E-state index is 11.5. The summed E-state index contributed by atoms with van der Waals surface area (Å²) in [7, 11) is 0. The van der Waals surface area contributed by atoms with Gasteiger partial charge in [-0.3, -0.25) is 4.79 Å². The van der Waals surface area contributed by atoms with E-state index in [9.17, 15) is 4.79 Å². The molecule has 0 aromatic rings. The summed E-state index contributed by atoms with van der Waals surface area (Å²) in [6.07, 6.45) is 9.60. The molecule has 0 bridgehead atoms. The third-order valence-corrected chi connectivity index (χ3v) is 2.58. The van der Waals surface area contributed by atoms with Crippen LogP contribution in [0.1, 0.15) is 44.9 Å². The number of carbonyl (C=O) groups excluding carboxylic acids is 1. The van der Waals surface area contributed by atoms with Crippen molar-refractivity contribution in [2.24, 2.45) is 0 Å². The van der Waals surface area contributed by atoms with E-state index in [1.165, 1.54) is 25.7 Å². The highest BCUT2D eigenvalue weighted by Crippen LogP contribution is 2.12. The van der Waals surface area contributed by atoms with Crippen molar-refractivity contribution in [1.29, 1.82) is 0 Å². The molecule has 1 aliphatic rings. The van der Waals surface area contributed by atoms with Crippen LogP contribution in [-0.2, 0) is 4.79 Å². The van der Waals surface area contributed by atoms with Crippen LogP contribution in [0.4, 0.5) is 0 Å². The molecule has 1 saturated heterocycles. The van der Waals surface area contributed by atoms with Crippen LogP contribution < -0.4 is 0 Å². The molecule has 1 rings (SSSR count). The number of amides is 1. The fourth-order valence-electron chi connectivity index (χ4n) is 1.73. The molecule has 2 heteroatoms. The van der Waals surface area contributed by atoms with E-state index in [2.05, 4.69) is 6.58 Å². The van der Waals surface area contributed by atoms with Crippen molar-refractivity contribution in [3.05, 3.63) is 12.8 Å². The molecule has 1 amide bonds. The minimum absolute atomic E-state index is 0.247. The van der Waals surface area contributed by atoms with E-state index < -0.39 is 0 Å². The third kappa shape index (κ3) is 3.62. The van der Waals surface area contributed by atoms with E-state index in [4.69, 9.17) is 0 Å². The van der Waals surface area contributed by atoms with E-state index in [-0.39, 0.29) is 5.91 Å². The Balaban J connectivity index is 2.41. The monoisotopic (exact) mass is 181 g/mol. The van der Waals surface area contributed by atoms with Crippen LogP contribution in [0, 0.1) is 0 Å². The maximum atomic E-state index is 11.5. The van der Waals surface area contributed by atoms with Crippen LogP contribution in [0.25, 0.3) is 0 Å². The molecular formula is C11H19NO. The van der Waals surface area contributed by atoms with Crippen molar-refractivity contribution >= 4 is 5.91 Å². The Kier molecular flexibility index (Phi) is 4.58. The van der Waals surface area contributed by atoms with Gasteiger partial charge in [0.15, 0.2) is 0 Å². The van der Waals surface area contributed by atoms with Gasteiger partial charge in [-0.1, -0.05) is 32.3 Å². The zero-order chi connectivity index (χ0) is 9.52. The van der Waals surface area contributed by atoms with Crippen LogP contribution in [0.15, 0.2) is 12.8 Å². The van der Waals surface area contributed by atoms with Crippen molar-refractivity contribution in [2.75, 3.05) is 6.54 Å². The molecule has 0 radical (unpaired) electrons. The summed E-state index contributed by atoms with van der Waals surface area (Å²) in [6, 6.07) is 0. The van der Waals surface area contributed by atoms with Gasteiger partial charge in [-0.05, 0) is 19.0 Å². The van der Waals surface area contributed by atoms with E-state index in [0.717, 1.165) is 19.4 Å². The van der Waals surface area contributed by atoms with Crippen LogP contribution >= 0.6 is 0 Å². The van der Waals surface area contributed by atoms with E-state index >= 15 is 0 Å². The van der Waals surface area contributed by atoms with Gasteiger partial charge >= 0.3 is 0 Å². The number of hydrogen-bond acceptors (Lipinski definition) is 1. The van der Waals surface area contributed by atoms with Crippen LogP contribution in [-0.4, -0.2) is 17.4 Å². The Morgan fingerprint density at radius 3 is 2.38 bits per heavy atom. The lowest BCUT2D eigenvalue weighted by Crippen LogP contribution is -2.26. The quantitative estimate of drug-likeness (QED) is 0.609. The highest BCUT2D eigenvalue weighted by Gasteiger charge is 2.10. The van der Waals surface area contributed by atoms with Crippen molar-refractivity contribution in [3.63, 3.8) is 0 Å². The fraction of sp³-hybridized carbons (Fsp3) is 0.727. The predicted octanol–water partition coefficient (Wildman–Crippen LogP) is 2.70. The lowest BCUT2D eigenvalue weighted by molar-refractivity contribution is -0.128. The molecule has 74 valence electrons. The highest BCUT2D eigenvalue weighted by molar-refractivity contribution is 5.77. The highest BCUT2D eigenvalue weighted by atomic mass is 16.2. The second-order valence-corrected chi connectivity index (χ2v) is 3.64. The Morgan fingerprint density at radius 2 is 1.69 bits per heavy atom. The minimum atomic E-state index is 0.247. The van der Waals surface area contributed by atoms with Gasteiger partial charge < -0.3 is 4.90 Å². The van der Waals surface area contributed by atoms with E-state index in [0.29, 0.717) is 6.42 Å². The second-order valence-electron chi connectivity index (χ2n) is 3.64. The van der Waals surface area contributed by atoms with Crippen molar-refractivity contribution in [1.82, 2.24) is 4.90 Å². The third-order valence-electron chi connectivity index (χ3n) is 2.58. The first-order valence-electron chi connectivity index (χ1n) is 5.26. The van der Waals surface area contributed by atoms with Gasteiger partial charge in [0, 0.05) is 13.0 Å². The van der Waals surface area contributed by atoms with Crippen LogP contribution in [0.5, 0.6) is 0 Å². The molecule has 1 heterocycles. The summed E-state index contributed by atoms with van der Waals surface area (Å²) in [5, 5.41) is 0. The number of carbonyl (C=O) groups is 1. The molecule has 0 aliphatic carbocycles. The van der Waals surface area contributed by atoms with Crippen molar-refractivity contribution in [2.45, 2.75) is 44.9 Å². The molecular weight excluding hydrogens is 162 g/mol. The topological polar surface area (TPSA) is 20.3 Å². The first-order chi connectivity index (χ1) is 6.34. The standard InChI is InChI=1S/C11H19NO/c1-2-12-10-8-6-4-3-5-7-9-11(12)13/h2H,1,3-10H2. The number of hydrogen-bond donors (Lipinski definition) is 0. The van der Waals surface area contributed by atoms with Gasteiger partial charge in [0.05, 0.1) is 0 Å².